The number of halogens is 1. The van der Waals surface area contributed by atoms with Crippen LogP contribution in [0.3, 0.4) is 0 Å². The normalized spacial score (nSPS) is 14.6. The maximum absolute atomic E-state index is 13.0. The highest BCUT2D eigenvalue weighted by Gasteiger charge is 2.32. The van der Waals surface area contributed by atoms with Crippen LogP contribution in [0.25, 0.3) is 11.5 Å². The lowest BCUT2D eigenvalue weighted by Gasteiger charge is -2.08. The van der Waals surface area contributed by atoms with Crippen molar-refractivity contribution in [3.8, 4) is 11.5 Å². The van der Waals surface area contributed by atoms with Crippen molar-refractivity contribution in [2.24, 2.45) is 0 Å². The summed E-state index contributed by atoms with van der Waals surface area (Å²) in [4.78, 5) is 3.21. The molecular weight excluding hydrogens is 388 g/mol. The quantitative estimate of drug-likeness (QED) is 0.650. The molecule has 0 aliphatic heterocycles. The van der Waals surface area contributed by atoms with Crippen LogP contribution in [-0.4, -0.2) is 23.6 Å². The molecule has 0 unspecified atom stereocenters. The fourth-order valence-electron chi connectivity index (χ4n) is 3.04. The van der Waals surface area contributed by atoms with Crippen molar-refractivity contribution in [2.75, 3.05) is 0 Å². The van der Waals surface area contributed by atoms with Gasteiger partial charge < -0.3 is 9.40 Å². The molecule has 2 heterocycles. The van der Waals surface area contributed by atoms with Gasteiger partial charge in [0.1, 0.15) is 4.90 Å². The highest BCUT2D eigenvalue weighted by molar-refractivity contribution is 7.89. The Bertz CT molecular complexity index is 1080. The first-order chi connectivity index (χ1) is 12.8. The van der Waals surface area contributed by atoms with Crippen LogP contribution in [0, 0.1) is 13.8 Å². The maximum atomic E-state index is 13.0. The number of H-pyrrole nitrogens is 1. The number of aryl methyl sites for hydroxylation is 2. The summed E-state index contributed by atoms with van der Waals surface area (Å²) in [6, 6.07) is 7.00. The second kappa shape index (κ2) is 6.78. The summed E-state index contributed by atoms with van der Waals surface area (Å²) < 4.78 is 34.4. The summed E-state index contributed by atoms with van der Waals surface area (Å²) in [6.45, 7) is 3.66. The van der Waals surface area contributed by atoms with E-state index in [0.717, 1.165) is 18.4 Å². The summed E-state index contributed by atoms with van der Waals surface area (Å²) in [5.74, 6) is 1.10. The molecule has 7 nitrogen and oxygen atoms in total. The van der Waals surface area contributed by atoms with Gasteiger partial charge in [0.05, 0.1) is 5.56 Å². The van der Waals surface area contributed by atoms with Crippen LogP contribution in [0.15, 0.2) is 33.6 Å². The molecule has 1 saturated carbocycles. The van der Waals surface area contributed by atoms with Crippen LogP contribution >= 0.6 is 11.6 Å². The smallest absolute Gasteiger partial charge is 0.250 e. The van der Waals surface area contributed by atoms with Gasteiger partial charge in [0.15, 0.2) is 0 Å². The first kappa shape index (κ1) is 18.2. The van der Waals surface area contributed by atoms with E-state index >= 15 is 0 Å². The van der Waals surface area contributed by atoms with Gasteiger partial charge in [-0.2, -0.15) is 0 Å². The lowest BCUT2D eigenvalue weighted by molar-refractivity contribution is 0.506. The maximum Gasteiger partial charge on any atom is 0.250 e. The predicted octanol–water partition coefficient (Wildman–Crippen LogP) is 3.69. The average Bonchev–Trinajstić information content (AvgIpc) is 3.27. The van der Waals surface area contributed by atoms with Crippen LogP contribution in [0.5, 0.6) is 0 Å². The third-order valence-electron chi connectivity index (χ3n) is 4.55. The van der Waals surface area contributed by atoms with Gasteiger partial charge in [-0.15, -0.1) is 10.2 Å². The van der Waals surface area contributed by atoms with Gasteiger partial charge in [-0.25, -0.2) is 13.1 Å². The number of hydrogen-bond donors (Lipinski definition) is 2. The fourth-order valence-corrected chi connectivity index (χ4v) is 4.63. The molecule has 0 saturated heterocycles. The van der Waals surface area contributed by atoms with Crippen LogP contribution < -0.4 is 4.72 Å². The van der Waals surface area contributed by atoms with E-state index in [4.69, 9.17) is 16.0 Å². The number of nitrogens with zero attached hydrogens (tertiary/aromatic N) is 2. The first-order valence-corrected chi connectivity index (χ1v) is 10.5. The van der Waals surface area contributed by atoms with E-state index in [2.05, 4.69) is 19.9 Å². The van der Waals surface area contributed by atoms with Crippen LogP contribution in [0.1, 0.15) is 41.6 Å². The zero-order valence-corrected chi connectivity index (χ0v) is 16.5. The number of rotatable bonds is 6. The second-order valence-electron chi connectivity index (χ2n) is 6.75. The third kappa shape index (κ3) is 3.65. The van der Waals surface area contributed by atoms with Crippen molar-refractivity contribution in [3.05, 3.63) is 52.1 Å². The van der Waals surface area contributed by atoms with E-state index < -0.39 is 10.0 Å². The van der Waals surface area contributed by atoms with Gasteiger partial charge in [-0.3, -0.25) is 0 Å². The zero-order chi connectivity index (χ0) is 19.2. The summed E-state index contributed by atoms with van der Waals surface area (Å²) in [6.07, 6.45) is 2.06. The third-order valence-corrected chi connectivity index (χ3v) is 6.37. The summed E-state index contributed by atoms with van der Waals surface area (Å²) in [5.41, 5.74) is 2.43. The first-order valence-electron chi connectivity index (χ1n) is 8.62. The number of nitrogens with one attached hydrogen (secondary N) is 2. The number of benzene rings is 1. The molecule has 0 radical (unpaired) electrons. The molecule has 2 N–H and O–H groups in total. The molecule has 1 aromatic carbocycles. The Morgan fingerprint density at radius 3 is 2.56 bits per heavy atom. The van der Waals surface area contributed by atoms with Crippen molar-refractivity contribution in [1.82, 2.24) is 19.9 Å². The second-order valence-corrected chi connectivity index (χ2v) is 8.89. The Morgan fingerprint density at radius 2 is 1.89 bits per heavy atom. The Balaban J connectivity index is 1.66. The van der Waals surface area contributed by atoms with Crippen molar-refractivity contribution < 1.29 is 12.8 Å². The fraction of sp³-hybridized carbons (Fsp3) is 0.333. The lowest BCUT2D eigenvalue weighted by atomic mass is 10.2. The SMILES string of the molecule is Cc1[nH]c(C)c(S(=O)(=O)NCc2ccc(Cl)cc2)c1-c1nnc(C2CC2)o1. The monoisotopic (exact) mass is 406 g/mol. The predicted molar refractivity (Wildman–Crippen MR) is 101 cm³/mol. The minimum Gasteiger partial charge on any atom is -0.420 e. The molecular formula is C18H19ClN4O3S. The molecule has 3 aromatic rings. The highest BCUT2D eigenvalue weighted by atomic mass is 35.5. The summed E-state index contributed by atoms with van der Waals surface area (Å²) in [7, 11) is -3.79. The Labute approximate surface area is 162 Å². The standard InChI is InChI=1S/C18H19ClN4O3S/c1-10-15(18-23-22-17(26-18)13-5-6-13)16(11(2)21-10)27(24,25)20-9-12-3-7-14(19)8-4-12/h3-4,7-8,13,20-21H,5-6,9H2,1-2H3. The molecule has 9 heteroatoms. The minimum atomic E-state index is -3.79. The molecule has 27 heavy (non-hydrogen) atoms. The zero-order valence-electron chi connectivity index (χ0n) is 14.9. The highest BCUT2D eigenvalue weighted by Crippen LogP contribution is 2.41. The van der Waals surface area contributed by atoms with E-state index in [1.165, 1.54) is 0 Å². The Morgan fingerprint density at radius 1 is 1.19 bits per heavy atom. The Kier molecular flexibility index (Phi) is 4.57. The largest absolute Gasteiger partial charge is 0.420 e. The molecule has 4 rings (SSSR count). The molecule has 142 valence electrons. The van der Waals surface area contributed by atoms with Crippen molar-refractivity contribution in [3.63, 3.8) is 0 Å². The lowest BCUT2D eigenvalue weighted by Crippen LogP contribution is -2.24. The van der Waals surface area contributed by atoms with E-state index in [0.29, 0.717) is 33.8 Å². The van der Waals surface area contributed by atoms with Crippen molar-refractivity contribution in [1.29, 1.82) is 0 Å². The van der Waals surface area contributed by atoms with Gasteiger partial charge in [0.25, 0.3) is 5.89 Å². The van der Waals surface area contributed by atoms with E-state index in [1.54, 1.807) is 38.1 Å². The molecule has 0 bridgehead atoms. The number of aromatic nitrogens is 3. The Hall–Kier alpha value is -2.16. The molecule has 0 atom stereocenters. The summed E-state index contributed by atoms with van der Waals surface area (Å²) in [5, 5.41) is 8.75. The minimum absolute atomic E-state index is 0.139. The van der Waals surface area contributed by atoms with E-state index in [-0.39, 0.29) is 17.3 Å². The van der Waals surface area contributed by atoms with Crippen molar-refractivity contribution >= 4 is 21.6 Å². The van der Waals surface area contributed by atoms with Gasteiger partial charge >= 0.3 is 0 Å². The molecule has 2 aromatic heterocycles. The number of sulfonamides is 1. The van der Waals surface area contributed by atoms with Gasteiger partial charge in [0, 0.05) is 28.9 Å². The summed E-state index contributed by atoms with van der Waals surface area (Å²) >= 11 is 5.87. The average molecular weight is 407 g/mol. The number of hydrogen-bond acceptors (Lipinski definition) is 5. The topological polar surface area (TPSA) is 101 Å². The molecule has 0 amide bonds. The molecule has 1 fully saturated rings. The van der Waals surface area contributed by atoms with E-state index in [1.807, 2.05) is 0 Å². The molecule has 1 aliphatic carbocycles. The van der Waals surface area contributed by atoms with Crippen LogP contribution in [-0.2, 0) is 16.6 Å². The van der Waals surface area contributed by atoms with Gasteiger partial charge in [-0.1, -0.05) is 23.7 Å². The van der Waals surface area contributed by atoms with Crippen molar-refractivity contribution in [2.45, 2.75) is 44.0 Å². The van der Waals surface area contributed by atoms with Crippen LogP contribution in [0.4, 0.5) is 0 Å². The van der Waals surface area contributed by atoms with Crippen LogP contribution in [0.2, 0.25) is 5.02 Å². The van der Waals surface area contributed by atoms with Gasteiger partial charge in [-0.05, 0) is 44.4 Å². The molecule has 0 spiro atoms. The number of aromatic amines is 1. The van der Waals surface area contributed by atoms with Gasteiger partial charge in [0.2, 0.25) is 15.9 Å². The van der Waals surface area contributed by atoms with E-state index in [9.17, 15) is 8.42 Å². The molecule has 1 aliphatic rings.